The van der Waals surface area contributed by atoms with Crippen molar-refractivity contribution in [1.82, 2.24) is 5.32 Å². The summed E-state index contributed by atoms with van der Waals surface area (Å²) in [6.07, 6.45) is 4.14. The number of aryl methyl sites for hydroxylation is 1. The quantitative estimate of drug-likeness (QED) is 0.821. The third kappa shape index (κ3) is 4.76. The van der Waals surface area contributed by atoms with Crippen LogP contribution in [0, 0.1) is 6.92 Å². The second-order valence-corrected chi connectivity index (χ2v) is 4.97. The lowest BCUT2D eigenvalue weighted by atomic mass is 10.1. The van der Waals surface area contributed by atoms with Crippen LogP contribution in [-0.4, -0.2) is 13.2 Å². The minimum Gasteiger partial charge on any atom is -0.489 e. The van der Waals surface area contributed by atoms with Gasteiger partial charge in [0.15, 0.2) is 0 Å². The molecule has 0 aliphatic rings. The molecule has 0 aliphatic carbocycles. The first-order valence-corrected chi connectivity index (χ1v) is 7.45. The summed E-state index contributed by atoms with van der Waals surface area (Å²) in [6, 6.07) is 16.6. The van der Waals surface area contributed by atoms with Crippen LogP contribution in [0.2, 0.25) is 0 Å². The number of para-hydroxylation sites is 1. The van der Waals surface area contributed by atoms with Gasteiger partial charge in [-0.1, -0.05) is 61.5 Å². The molecule has 2 aromatic rings. The van der Waals surface area contributed by atoms with Crippen molar-refractivity contribution in [2.45, 2.75) is 20.4 Å². The molecular weight excluding hydrogens is 258 g/mol. The monoisotopic (exact) mass is 281 g/mol. The summed E-state index contributed by atoms with van der Waals surface area (Å²) in [4.78, 5) is 0. The van der Waals surface area contributed by atoms with Crippen LogP contribution in [0.15, 0.2) is 54.6 Å². The van der Waals surface area contributed by atoms with E-state index in [-0.39, 0.29) is 0 Å². The fourth-order valence-corrected chi connectivity index (χ4v) is 2.20. The largest absolute Gasteiger partial charge is 0.489 e. The van der Waals surface area contributed by atoms with Crippen LogP contribution < -0.4 is 10.1 Å². The summed E-state index contributed by atoms with van der Waals surface area (Å²) < 4.78 is 5.96. The van der Waals surface area contributed by atoms with E-state index in [9.17, 15) is 0 Å². The Bertz CT molecular complexity index is 575. The lowest BCUT2D eigenvalue weighted by Gasteiger charge is -2.13. The predicted octanol–water partition coefficient (Wildman–Crippen LogP) is 4.20. The molecule has 110 valence electrons. The maximum atomic E-state index is 5.96. The van der Waals surface area contributed by atoms with E-state index in [1.807, 2.05) is 18.2 Å². The molecule has 0 fully saturated rings. The predicted molar refractivity (Wildman–Crippen MR) is 89.5 cm³/mol. The maximum Gasteiger partial charge on any atom is 0.127 e. The maximum absolute atomic E-state index is 5.96. The van der Waals surface area contributed by atoms with Gasteiger partial charge >= 0.3 is 0 Å². The first-order valence-electron chi connectivity index (χ1n) is 7.45. The third-order valence-corrected chi connectivity index (χ3v) is 3.29. The van der Waals surface area contributed by atoms with Crippen LogP contribution in [0.25, 0.3) is 6.08 Å². The van der Waals surface area contributed by atoms with E-state index in [0.29, 0.717) is 6.61 Å². The molecule has 0 heterocycles. The first-order chi connectivity index (χ1) is 10.3. The molecule has 0 saturated carbocycles. The molecule has 0 aromatic heterocycles. The van der Waals surface area contributed by atoms with Crippen molar-refractivity contribution >= 4 is 6.08 Å². The topological polar surface area (TPSA) is 21.3 Å². The molecule has 0 bridgehead atoms. The molecule has 0 atom stereocenters. The molecule has 2 rings (SSSR count). The Hall–Kier alpha value is -2.06. The van der Waals surface area contributed by atoms with E-state index >= 15 is 0 Å². The standard InChI is InChI=1S/C19H23NO/c1-3-20-15-18-13-7-9-16(2)19(18)21-14-8-12-17-10-5-4-6-11-17/h4-13,20H,3,14-15H2,1-2H3/b12-8+. The Morgan fingerprint density at radius 2 is 1.86 bits per heavy atom. The van der Waals surface area contributed by atoms with Gasteiger partial charge in [0, 0.05) is 12.1 Å². The third-order valence-electron chi connectivity index (χ3n) is 3.29. The van der Waals surface area contributed by atoms with Gasteiger partial charge in [0.25, 0.3) is 0 Å². The average Bonchev–Trinajstić information content (AvgIpc) is 2.52. The number of rotatable bonds is 7. The highest BCUT2D eigenvalue weighted by atomic mass is 16.5. The summed E-state index contributed by atoms with van der Waals surface area (Å²) in [7, 11) is 0. The minimum absolute atomic E-state index is 0.582. The molecule has 0 radical (unpaired) electrons. The molecule has 0 saturated heterocycles. The van der Waals surface area contributed by atoms with Gasteiger partial charge in [-0.3, -0.25) is 0 Å². The second kappa shape index (κ2) is 8.28. The Balaban J connectivity index is 1.97. The zero-order valence-corrected chi connectivity index (χ0v) is 12.8. The number of hydrogen-bond donors (Lipinski definition) is 1. The molecular formula is C19H23NO. The smallest absolute Gasteiger partial charge is 0.127 e. The SMILES string of the molecule is CCNCc1cccc(C)c1OC/C=C/c1ccccc1. The minimum atomic E-state index is 0.582. The van der Waals surface area contributed by atoms with Crippen molar-refractivity contribution in [3.63, 3.8) is 0 Å². The van der Waals surface area contributed by atoms with Gasteiger partial charge < -0.3 is 10.1 Å². The number of ether oxygens (including phenoxy) is 1. The fourth-order valence-electron chi connectivity index (χ4n) is 2.20. The average molecular weight is 281 g/mol. The fraction of sp³-hybridized carbons (Fsp3) is 0.263. The van der Waals surface area contributed by atoms with Gasteiger partial charge in [0.05, 0.1) is 0 Å². The highest BCUT2D eigenvalue weighted by Crippen LogP contribution is 2.23. The molecule has 1 N–H and O–H groups in total. The van der Waals surface area contributed by atoms with E-state index in [1.54, 1.807) is 0 Å². The Labute approximate surface area is 127 Å². The van der Waals surface area contributed by atoms with Crippen LogP contribution in [0.5, 0.6) is 5.75 Å². The molecule has 0 aliphatic heterocycles. The molecule has 2 nitrogen and oxygen atoms in total. The van der Waals surface area contributed by atoms with Crippen molar-refractivity contribution in [3.8, 4) is 5.75 Å². The van der Waals surface area contributed by atoms with Crippen molar-refractivity contribution in [1.29, 1.82) is 0 Å². The van der Waals surface area contributed by atoms with Crippen LogP contribution in [0.3, 0.4) is 0 Å². The molecule has 21 heavy (non-hydrogen) atoms. The summed E-state index contributed by atoms with van der Waals surface area (Å²) in [5.74, 6) is 0.996. The first kappa shape index (κ1) is 15.3. The second-order valence-electron chi connectivity index (χ2n) is 4.97. The normalized spacial score (nSPS) is 11.0. The summed E-state index contributed by atoms with van der Waals surface area (Å²) in [5.41, 5.74) is 3.59. The van der Waals surface area contributed by atoms with Crippen LogP contribution in [-0.2, 0) is 6.54 Å². The van der Waals surface area contributed by atoms with E-state index in [0.717, 1.165) is 18.8 Å². The van der Waals surface area contributed by atoms with E-state index < -0.39 is 0 Å². The van der Waals surface area contributed by atoms with Gasteiger partial charge in [-0.2, -0.15) is 0 Å². The molecule has 0 spiro atoms. The van der Waals surface area contributed by atoms with Crippen LogP contribution >= 0.6 is 0 Å². The Morgan fingerprint density at radius 1 is 1.05 bits per heavy atom. The van der Waals surface area contributed by atoms with Gasteiger partial charge in [0.2, 0.25) is 0 Å². The van der Waals surface area contributed by atoms with Crippen molar-refractivity contribution in [2.75, 3.05) is 13.2 Å². The van der Waals surface area contributed by atoms with Gasteiger partial charge in [-0.05, 0) is 30.7 Å². The highest BCUT2D eigenvalue weighted by Gasteiger charge is 2.05. The zero-order chi connectivity index (χ0) is 14.9. The van der Waals surface area contributed by atoms with Gasteiger partial charge in [-0.15, -0.1) is 0 Å². The Morgan fingerprint density at radius 3 is 2.62 bits per heavy atom. The van der Waals surface area contributed by atoms with Crippen molar-refractivity contribution in [3.05, 3.63) is 71.3 Å². The van der Waals surface area contributed by atoms with Gasteiger partial charge in [-0.25, -0.2) is 0 Å². The number of hydrogen-bond acceptors (Lipinski definition) is 2. The zero-order valence-electron chi connectivity index (χ0n) is 12.8. The molecule has 2 heteroatoms. The molecule has 0 unspecified atom stereocenters. The van der Waals surface area contributed by atoms with Crippen LogP contribution in [0.1, 0.15) is 23.6 Å². The van der Waals surface area contributed by atoms with Gasteiger partial charge in [0.1, 0.15) is 12.4 Å². The summed E-state index contributed by atoms with van der Waals surface area (Å²) in [6.45, 7) is 6.58. The highest BCUT2D eigenvalue weighted by molar-refractivity contribution is 5.49. The van der Waals surface area contributed by atoms with Crippen LogP contribution in [0.4, 0.5) is 0 Å². The van der Waals surface area contributed by atoms with E-state index in [4.69, 9.17) is 4.74 Å². The van der Waals surface area contributed by atoms with Crippen molar-refractivity contribution < 1.29 is 4.74 Å². The molecule has 2 aromatic carbocycles. The van der Waals surface area contributed by atoms with Crippen molar-refractivity contribution in [2.24, 2.45) is 0 Å². The lowest BCUT2D eigenvalue weighted by Crippen LogP contribution is -2.13. The lowest BCUT2D eigenvalue weighted by molar-refractivity contribution is 0.355. The summed E-state index contributed by atoms with van der Waals surface area (Å²) in [5, 5.41) is 3.35. The molecule has 0 amide bonds. The van der Waals surface area contributed by atoms with E-state index in [1.165, 1.54) is 16.7 Å². The Kier molecular flexibility index (Phi) is 6.04. The number of benzene rings is 2. The summed E-state index contributed by atoms with van der Waals surface area (Å²) >= 11 is 0. The number of nitrogens with one attached hydrogen (secondary N) is 1. The van der Waals surface area contributed by atoms with E-state index in [2.05, 4.69) is 61.6 Å².